The summed E-state index contributed by atoms with van der Waals surface area (Å²) in [6.07, 6.45) is 1.95. The number of hydrogen-bond acceptors (Lipinski definition) is 3. The van der Waals surface area contributed by atoms with Gasteiger partial charge in [0.2, 0.25) is 0 Å². The third-order valence-corrected chi connectivity index (χ3v) is 3.50. The maximum absolute atomic E-state index is 8.63. The standard InChI is InChI=1S/C14H22O2S/c1-12-9-13(2)11-14(10-12)16-6-4-8-17-7-3-5-15/h9-11,15H,3-8H2,1-2H3. The van der Waals surface area contributed by atoms with Gasteiger partial charge in [-0.1, -0.05) is 6.07 Å². The van der Waals surface area contributed by atoms with Crippen LogP contribution in [0.15, 0.2) is 18.2 Å². The maximum Gasteiger partial charge on any atom is 0.119 e. The van der Waals surface area contributed by atoms with Gasteiger partial charge in [0.15, 0.2) is 0 Å². The van der Waals surface area contributed by atoms with E-state index in [1.807, 2.05) is 11.8 Å². The minimum absolute atomic E-state index is 0.298. The lowest BCUT2D eigenvalue weighted by Gasteiger charge is -2.08. The number of rotatable bonds is 8. The molecule has 0 aliphatic rings. The molecule has 0 radical (unpaired) electrons. The van der Waals surface area contributed by atoms with Gasteiger partial charge in [0.1, 0.15) is 5.75 Å². The molecule has 0 bridgehead atoms. The van der Waals surface area contributed by atoms with E-state index in [2.05, 4.69) is 32.0 Å². The molecule has 2 nitrogen and oxygen atoms in total. The molecule has 0 saturated heterocycles. The Labute approximate surface area is 108 Å². The molecule has 0 aliphatic carbocycles. The molecule has 1 aromatic carbocycles. The van der Waals surface area contributed by atoms with Gasteiger partial charge in [-0.3, -0.25) is 0 Å². The second kappa shape index (κ2) is 8.43. The van der Waals surface area contributed by atoms with Crippen molar-refractivity contribution in [3.8, 4) is 5.75 Å². The van der Waals surface area contributed by atoms with Crippen molar-refractivity contribution in [2.45, 2.75) is 26.7 Å². The topological polar surface area (TPSA) is 29.5 Å². The van der Waals surface area contributed by atoms with E-state index in [9.17, 15) is 0 Å². The zero-order valence-electron chi connectivity index (χ0n) is 10.7. The van der Waals surface area contributed by atoms with Crippen molar-refractivity contribution in [1.29, 1.82) is 0 Å². The Morgan fingerprint density at radius 3 is 2.35 bits per heavy atom. The molecule has 0 fully saturated rings. The second-order valence-corrected chi connectivity index (χ2v) is 5.44. The smallest absolute Gasteiger partial charge is 0.119 e. The molecular formula is C14H22O2S. The largest absolute Gasteiger partial charge is 0.494 e. The highest BCUT2D eigenvalue weighted by Crippen LogP contribution is 2.16. The Bertz CT molecular complexity index is 306. The lowest BCUT2D eigenvalue weighted by atomic mass is 10.1. The number of hydrogen-bond donors (Lipinski definition) is 1. The fourth-order valence-electron chi connectivity index (χ4n) is 1.64. The van der Waals surface area contributed by atoms with Crippen LogP contribution >= 0.6 is 11.8 Å². The zero-order valence-corrected chi connectivity index (χ0v) is 11.6. The van der Waals surface area contributed by atoms with Gasteiger partial charge in [-0.15, -0.1) is 0 Å². The van der Waals surface area contributed by atoms with E-state index in [0.29, 0.717) is 6.61 Å². The fourth-order valence-corrected chi connectivity index (χ4v) is 2.50. The van der Waals surface area contributed by atoms with Crippen molar-refractivity contribution in [1.82, 2.24) is 0 Å². The highest BCUT2D eigenvalue weighted by atomic mass is 32.2. The van der Waals surface area contributed by atoms with Crippen molar-refractivity contribution in [2.75, 3.05) is 24.7 Å². The van der Waals surface area contributed by atoms with Crippen LogP contribution in [0.4, 0.5) is 0 Å². The van der Waals surface area contributed by atoms with Crippen LogP contribution in [0.25, 0.3) is 0 Å². The summed E-state index contributed by atoms with van der Waals surface area (Å²) >= 11 is 1.88. The number of aliphatic hydroxyl groups excluding tert-OH is 1. The zero-order chi connectivity index (χ0) is 12.5. The van der Waals surface area contributed by atoms with E-state index in [1.54, 1.807) is 0 Å². The SMILES string of the molecule is Cc1cc(C)cc(OCCCSCCCO)c1. The number of aliphatic hydroxyl groups is 1. The summed E-state index contributed by atoms with van der Waals surface area (Å²) in [4.78, 5) is 0. The van der Waals surface area contributed by atoms with Crippen molar-refractivity contribution in [2.24, 2.45) is 0 Å². The van der Waals surface area contributed by atoms with Crippen LogP contribution in [0, 0.1) is 13.8 Å². The molecule has 3 heteroatoms. The Morgan fingerprint density at radius 1 is 1.06 bits per heavy atom. The number of thioether (sulfide) groups is 1. The summed E-state index contributed by atoms with van der Waals surface area (Å²) in [6.45, 7) is 5.25. The first-order valence-corrected chi connectivity index (χ1v) is 7.27. The van der Waals surface area contributed by atoms with Crippen molar-refractivity contribution >= 4 is 11.8 Å². The lowest BCUT2D eigenvalue weighted by molar-refractivity contribution is 0.296. The number of benzene rings is 1. The molecule has 0 spiro atoms. The van der Waals surface area contributed by atoms with E-state index >= 15 is 0 Å². The quantitative estimate of drug-likeness (QED) is 0.722. The molecule has 0 atom stereocenters. The van der Waals surface area contributed by atoms with E-state index < -0.39 is 0 Å². The molecule has 17 heavy (non-hydrogen) atoms. The first kappa shape index (κ1) is 14.4. The van der Waals surface area contributed by atoms with Crippen LogP contribution in [0.5, 0.6) is 5.75 Å². The minimum atomic E-state index is 0.298. The van der Waals surface area contributed by atoms with Crippen molar-refractivity contribution in [3.05, 3.63) is 29.3 Å². The normalized spacial score (nSPS) is 10.5. The summed E-state index contributed by atoms with van der Waals surface area (Å²) in [7, 11) is 0. The van der Waals surface area contributed by atoms with E-state index in [1.165, 1.54) is 11.1 Å². The molecular weight excluding hydrogens is 232 g/mol. The highest BCUT2D eigenvalue weighted by molar-refractivity contribution is 7.99. The molecule has 1 rings (SSSR count). The maximum atomic E-state index is 8.63. The first-order chi connectivity index (χ1) is 8.22. The van der Waals surface area contributed by atoms with Crippen LogP contribution in [0.3, 0.4) is 0 Å². The monoisotopic (exact) mass is 254 g/mol. The van der Waals surface area contributed by atoms with Gasteiger partial charge in [0.25, 0.3) is 0 Å². The summed E-state index contributed by atoms with van der Waals surface area (Å²) in [6, 6.07) is 6.30. The minimum Gasteiger partial charge on any atom is -0.494 e. The molecule has 1 aromatic rings. The van der Waals surface area contributed by atoms with E-state index in [4.69, 9.17) is 9.84 Å². The Hall–Kier alpha value is -0.670. The van der Waals surface area contributed by atoms with Gasteiger partial charge in [0, 0.05) is 6.61 Å². The molecule has 0 heterocycles. The van der Waals surface area contributed by atoms with Crippen molar-refractivity contribution < 1.29 is 9.84 Å². The van der Waals surface area contributed by atoms with Crippen molar-refractivity contribution in [3.63, 3.8) is 0 Å². The van der Waals surface area contributed by atoms with Gasteiger partial charge < -0.3 is 9.84 Å². The second-order valence-electron chi connectivity index (χ2n) is 4.21. The van der Waals surface area contributed by atoms with Crippen LogP contribution < -0.4 is 4.74 Å². The van der Waals surface area contributed by atoms with Gasteiger partial charge in [-0.2, -0.15) is 11.8 Å². The fraction of sp³-hybridized carbons (Fsp3) is 0.571. The van der Waals surface area contributed by atoms with Gasteiger partial charge in [-0.25, -0.2) is 0 Å². The summed E-state index contributed by atoms with van der Waals surface area (Å²) in [5.74, 6) is 3.12. The predicted octanol–water partition coefficient (Wildman–Crippen LogP) is 3.19. The average molecular weight is 254 g/mol. The molecule has 0 amide bonds. The predicted molar refractivity (Wildman–Crippen MR) is 75.1 cm³/mol. The van der Waals surface area contributed by atoms with Crippen LogP contribution in [0.2, 0.25) is 0 Å². The molecule has 0 aliphatic heterocycles. The molecule has 0 aromatic heterocycles. The molecule has 1 N–H and O–H groups in total. The molecule has 0 unspecified atom stereocenters. The van der Waals surface area contributed by atoms with Crippen LogP contribution in [-0.4, -0.2) is 29.8 Å². The van der Waals surface area contributed by atoms with Gasteiger partial charge in [-0.05, 0) is 61.5 Å². The van der Waals surface area contributed by atoms with E-state index in [0.717, 1.165) is 36.7 Å². The summed E-state index contributed by atoms with van der Waals surface area (Å²) in [5.41, 5.74) is 2.50. The number of aryl methyl sites for hydroxylation is 2. The van der Waals surface area contributed by atoms with Crippen LogP contribution in [0.1, 0.15) is 24.0 Å². The molecule has 96 valence electrons. The highest BCUT2D eigenvalue weighted by Gasteiger charge is 1.97. The summed E-state index contributed by atoms with van der Waals surface area (Å²) in [5, 5.41) is 8.63. The Morgan fingerprint density at radius 2 is 1.71 bits per heavy atom. The summed E-state index contributed by atoms with van der Waals surface area (Å²) < 4.78 is 5.71. The average Bonchev–Trinajstić information content (AvgIpc) is 2.26. The van der Waals surface area contributed by atoms with Gasteiger partial charge >= 0.3 is 0 Å². The third kappa shape index (κ3) is 6.59. The van der Waals surface area contributed by atoms with Gasteiger partial charge in [0.05, 0.1) is 6.61 Å². The van der Waals surface area contributed by atoms with Crippen LogP contribution in [-0.2, 0) is 0 Å². The van der Waals surface area contributed by atoms with E-state index in [-0.39, 0.29) is 0 Å². The number of ether oxygens (including phenoxy) is 1. The Balaban J connectivity index is 2.13. The Kier molecular flexibility index (Phi) is 7.13. The third-order valence-electron chi connectivity index (χ3n) is 2.34. The molecule has 0 saturated carbocycles. The first-order valence-electron chi connectivity index (χ1n) is 6.12. The lowest BCUT2D eigenvalue weighted by Crippen LogP contribution is -2.00.